The Balaban J connectivity index is 1.25. The average molecular weight is 402 g/mol. The Hall–Kier alpha value is -2.21. The summed E-state index contributed by atoms with van der Waals surface area (Å²) < 4.78 is 32.5. The number of aromatic nitrogens is 1. The van der Waals surface area contributed by atoms with Crippen molar-refractivity contribution in [2.24, 2.45) is 5.92 Å². The maximum absolute atomic E-state index is 13.9. The highest BCUT2D eigenvalue weighted by molar-refractivity contribution is 5.45. The van der Waals surface area contributed by atoms with Gasteiger partial charge in [0, 0.05) is 25.2 Å². The molecule has 2 aliphatic rings. The summed E-state index contributed by atoms with van der Waals surface area (Å²) in [6.07, 6.45) is 6.93. The molecule has 0 unspecified atom stereocenters. The highest BCUT2D eigenvalue weighted by Crippen LogP contribution is 2.28. The maximum atomic E-state index is 13.9. The van der Waals surface area contributed by atoms with Crippen molar-refractivity contribution in [3.8, 4) is 5.88 Å². The maximum Gasteiger partial charge on any atom is 0.213 e. The van der Waals surface area contributed by atoms with Gasteiger partial charge in [0.1, 0.15) is 11.6 Å². The lowest BCUT2D eigenvalue weighted by Gasteiger charge is -2.42. The Labute approximate surface area is 171 Å². The van der Waals surface area contributed by atoms with Gasteiger partial charge in [-0.15, -0.1) is 0 Å². The van der Waals surface area contributed by atoms with Crippen molar-refractivity contribution in [1.82, 2.24) is 9.88 Å². The topological polar surface area (TPSA) is 28.6 Å². The Morgan fingerprint density at radius 2 is 1.76 bits per heavy atom. The van der Waals surface area contributed by atoms with E-state index >= 15 is 0 Å². The molecule has 0 atom stereocenters. The van der Waals surface area contributed by atoms with Crippen LogP contribution >= 0.6 is 0 Å². The van der Waals surface area contributed by atoms with Crippen LogP contribution in [-0.2, 0) is 6.42 Å². The number of piperidine rings is 2. The minimum Gasteiger partial charge on any atom is -0.481 e. The Morgan fingerprint density at radius 1 is 1.00 bits per heavy atom. The lowest BCUT2D eigenvalue weighted by molar-refractivity contribution is 0.115. The van der Waals surface area contributed by atoms with Crippen LogP contribution in [0.3, 0.4) is 0 Å². The SMILES string of the molecule is COc1ccc(N2CCC(N3CCC(Cc4cc(F)ccc4F)CC3)CC2)cn1. The smallest absolute Gasteiger partial charge is 0.213 e. The molecule has 0 saturated carbocycles. The molecule has 2 fully saturated rings. The molecule has 3 heterocycles. The van der Waals surface area contributed by atoms with Crippen LogP contribution in [0.5, 0.6) is 5.88 Å². The summed E-state index contributed by atoms with van der Waals surface area (Å²) in [6.45, 7) is 4.17. The van der Waals surface area contributed by atoms with E-state index in [4.69, 9.17) is 4.74 Å². The van der Waals surface area contributed by atoms with Crippen LogP contribution in [0.25, 0.3) is 0 Å². The van der Waals surface area contributed by atoms with E-state index in [1.54, 1.807) is 7.11 Å². The number of ether oxygens (including phenoxy) is 1. The second-order valence-corrected chi connectivity index (χ2v) is 8.20. The Morgan fingerprint density at radius 3 is 2.41 bits per heavy atom. The molecule has 0 aliphatic carbocycles. The molecule has 156 valence electrons. The standard InChI is InChI=1S/C23H29F2N3O/c1-29-23-5-3-21(16-26-23)28-12-8-20(9-13-28)27-10-6-17(7-11-27)14-18-15-19(24)2-4-22(18)25/h2-5,15-17,20H,6-14H2,1H3. The van der Waals surface area contributed by atoms with E-state index in [1.165, 1.54) is 18.2 Å². The van der Waals surface area contributed by atoms with Crippen molar-refractivity contribution < 1.29 is 13.5 Å². The summed E-state index contributed by atoms with van der Waals surface area (Å²) in [5, 5.41) is 0. The molecule has 2 aliphatic heterocycles. The number of hydrogen-bond donors (Lipinski definition) is 0. The van der Waals surface area contributed by atoms with Crippen LogP contribution in [-0.4, -0.2) is 49.2 Å². The van der Waals surface area contributed by atoms with Gasteiger partial charge in [-0.25, -0.2) is 13.8 Å². The fraction of sp³-hybridized carbons (Fsp3) is 0.522. The summed E-state index contributed by atoms with van der Waals surface area (Å²) in [4.78, 5) is 9.30. The first-order valence-corrected chi connectivity index (χ1v) is 10.6. The van der Waals surface area contributed by atoms with Gasteiger partial charge in [0.15, 0.2) is 0 Å². The van der Waals surface area contributed by atoms with E-state index in [0.717, 1.165) is 57.5 Å². The Kier molecular flexibility index (Phi) is 6.28. The van der Waals surface area contributed by atoms with Gasteiger partial charge in [-0.1, -0.05) is 0 Å². The quantitative estimate of drug-likeness (QED) is 0.747. The van der Waals surface area contributed by atoms with Crippen LogP contribution in [0.4, 0.5) is 14.5 Å². The number of halogens is 2. The number of rotatable bonds is 5. The molecule has 6 heteroatoms. The van der Waals surface area contributed by atoms with Crippen LogP contribution in [0.1, 0.15) is 31.2 Å². The summed E-state index contributed by atoms with van der Waals surface area (Å²) in [5.41, 5.74) is 1.67. The third kappa shape index (κ3) is 4.86. The van der Waals surface area contributed by atoms with E-state index < -0.39 is 0 Å². The summed E-state index contributed by atoms with van der Waals surface area (Å²) in [6, 6.07) is 8.38. The van der Waals surface area contributed by atoms with Gasteiger partial charge in [-0.3, -0.25) is 0 Å². The number of methoxy groups -OCH3 is 1. The van der Waals surface area contributed by atoms with Crippen molar-refractivity contribution in [3.63, 3.8) is 0 Å². The first-order valence-electron chi connectivity index (χ1n) is 10.6. The highest BCUT2D eigenvalue weighted by Gasteiger charge is 2.28. The van der Waals surface area contributed by atoms with Gasteiger partial charge in [0.25, 0.3) is 0 Å². The molecule has 0 radical (unpaired) electrons. The number of benzene rings is 1. The van der Waals surface area contributed by atoms with Gasteiger partial charge in [-0.05, 0) is 80.9 Å². The molecule has 0 N–H and O–H groups in total. The first-order chi connectivity index (χ1) is 14.1. The summed E-state index contributed by atoms with van der Waals surface area (Å²) in [7, 11) is 1.63. The first kappa shape index (κ1) is 20.1. The number of anilines is 1. The zero-order valence-electron chi connectivity index (χ0n) is 17.0. The molecule has 4 nitrogen and oxygen atoms in total. The Bertz CT molecular complexity index is 798. The molecule has 2 saturated heterocycles. The van der Waals surface area contributed by atoms with Crippen LogP contribution in [0, 0.1) is 17.6 Å². The molecule has 1 aromatic heterocycles. The van der Waals surface area contributed by atoms with Gasteiger partial charge < -0.3 is 14.5 Å². The molecule has 2 aromatic rings. The number of pyridine rings is 1. The van der Waals surface area contributed by atoms with Crippen molar-refractivity contribution >= 4 is 5.69 Å². The zero-order valence-corrected chi connectivity index (χ0v) is 17.0. The number of nitrogens with zero attached hydrogens (tertiary/aromatic N) is 3. The van der Waals surface area contributed by atoms with Crippen LogP contribution < -0.4 is 9.64 Å². The van der Waals surface area contributed by atoms with Crippen LogP contribution in [0.2, 0.25) is 0 Å². The summed E-state index contributed by atoms with van der Waals surface area (Å²) in [5.74, 6) is 0.449. The highest BCUT2D eigenvalue weighted by atomic mass is 19.1. The fourth-order valence-corrected chi connectivity index (χ4v) is 4.70. The molecule has 4 rings (SSSR count). The van der Waals surface area contributed by atoms with E-state index in [9.17, 15) is 8.78 Å². The van der Waals surface area contributed by atoms with Crippen molar-refractivity contribution in [2.75, 3.05) is 38.2 Å². The molecular formula is C23H29F2N3O. The predicted octanol–water partition coefficient (Wildman–Crippen LogP) is 4.29. The molecule has 1 aromatic carbocycles. The van der Waals surface area contributed by atoms with Gasteiger partial charge in [0.05, 0.1) is 19.0 Å². The summed E-state index contributed by atoms with van der Waals surface area (Å²) >= 11 is 0. The lowest BCUT2D eigenvalue weighted by atomic mass is 9.88. The largest absolute Gasteiger partial charge is 0.481 e. The second kappa shape index (κ2) is 9.08. The molecule has 0 spiro atoms. The van der Waals surface area contributed by atoms with E-state index in [0.29, 0.717) is 29.8 Å². The molecule has 0 bridgehead atoms. The number of hydrogen-bond acceptors (Lipinski definition) is 4. The van der Waals surface area contributed by atoms with Gasteiger partial charge in [-0.2, -0.15) is 0 Å². The zero-order chi connectivity index (χ0) is 20.2. The lowest BCUT2D eigenvalue weighted by Crippen LogP contribution is -2.48. The molecule has 0 amide bonds. The normalized spacial score (nSPS) is 19.5. The fourth-order valence-electron chi connectivity index (χ4n) is 4.70. The molecular weight excluding hydrogens is 372 g/mol. The minimum absolute atomic E-state index is 0.283. The van der Waals surface area contributed by atoms with Gasteiger partial charge >= 0.3 is 0 Å². The van der Waals surface area contributed by atoms with E-state index in [-0.39, 0.29) is 11.6 Å². The van der Waals surface area contributed by atoms with E-state index in [2.05, 4.69) is 20.9 Å². The monoisotopic (exact) mass is 401 g/mol. The molecule has 29 heavy (non-hydrogen) atoms. The van der Waals surface area contributed by atoms with Crippen molar-refractivity contribution in [1.29, 1.82) is 0 Å². The second-order valence-electron chi connectivity index (χ2n) is 8.20. The van der Waals surface area contributed by atoms with Crippen molar-refractivity contribution in [2.45, 2.75) is 38.1 Å². The average Bonchev–Trinajstić information content (AvgIpc) is 2.77. The third-order valence-corrected chi connectivity index (χ3v) is 6.44. The van der Waals surface area contributed by atoms with Crippen LogP contribution in [0.15, 0.2) is 36.5 Å². The number of likely N-dealkylation sites (tertiary alicyclic amines) is 1. The van der Waals surface area contributed by atoms with Gasteiger partial charge in [0.2, 0.25) is 5.88 Å². The minimum atomic E-state index is -0.349. The third-order valence-electron chi connectivity index (χ3n) is 6.44. The van der Waals surface area contributed by atoms with E-state index in [1.807, 2.05) is 12.3 Å². The predicted molar refractivity (Wildman–Crippen MR) is 110 cm³/mol. The van der Waals surface area contributed by atoms with Crippen molar-refractivity contribution in [3.05, 3.63) is 53.7 Å².